The Morgan fingerprint density at radius 1 is 0.935 bits per heavy atom. The zero-order chi connectivity index (χ0) is 21.9. The summed E-state index contributed by atoms with van der Waals surface area (Å²) in [6.07, 6.45) is 7.33. The lowest BCUT2D eigenvalue weighted by Gasteiger charge is -2.22. The maximum absolute atomic E-state index is 9.09. The van der Waals surface area contributed by atoms with E-state index in [4.69, 9.17) is 19.5 Å². The minimum atomic E-state index is -0.600. The molecule has 0 heterocycles. The largest absolute Gasteiger partial charge is 0.491 e. The van der Waals surface area contributed by atoms with Crippen molar-refractivity contribution in [3.8, 4) is 17.6 Å². The molecule has 4 heteroatoms. The molecule has 4 nitrogen and oxygen atoms in total. The lowest BCUT2D eigenvalue weighted by Crippen LogP contribution is -2.23. The summed E-state index contributed by atoms with van der Waals surface area (Å²) in [7, 11) is 0. The standard InChI is InChI=1S/C27H35NO3/c1-3-21(2)22-9-15-26(16-10-22)31-27(17-18-28)30-20-19-29-25-13-11-24(12-14-25)23-7-5-4-6-8-23/h9-16,21,23,27H,3-8,17,19-20H2,1-2H3. The Balaban J connectivity index is 1.42. The number of hydrogen-bond acceptors (Lipinski definition) is 4. The van der Waals surface area contributed by atoms with Gasteiger partial charge in [-0.15, -0.1) is 0 Å². The Morgan fingerprint density at radius 2 is 1.61 bits per heavy atom. The van der Waals surface area contributed by atoms with Crippen LogP contribution in [0.3, 0.4) is 0 Å². The molecule has 31 heavy (non-hydrogen) atoms. The van der Waals surface area contributed by atoms with Crippen molar-refractivity contribution in [2.75, 3.05) is 13.2 Å². The van der Waals surface area contributed by atoms with Crippen molar-refractivity contribution in [1.82, 2.24) is 0 Å². The summed E-state index contributed by atoms with van der Waals surface area (Å²) in [6.45, 7) is 5.17. The Labute approximate surface area is 187 Å². The van der Waals surface area contributed by atoms with E-state index in [2.05, 4.69) is 44.2 Å². The first kappa shape index (κ1) is 23.2. The molecular formula is C27H35NO3. The number of benzene rings is 2. The van der Waals surface area contributed by atoms with Crippen LogP contribution in [0.4, 0.5) is 0 Å². The van der Waals surface area contributed by atoms with E-state index in [-0.39, 0.29) is 6.42 Å². The van der Waals surface area contributed by atoms with Gasteiger partial charge in [-0.2, -0.15) is 5.26 Å². The topological polar surface area (TPSA) is 51.5 Å². The third-order valence-electron chi connectivity index (χ3n) is 6.20. The minimum absolute atomic E-state index is 0.170. The summed E-state index contributed by atoms with van der Waals surface area (Å²) in [6, 6.07) is 18.7. The van der Waals surface area contributed by atoms with Crippen LogP contribution >= 0.6 is 0 Å². The number of ether oxygens (including phenoxy) is 3. The molecule has 1 saturated carbocycles. The minimum Gasteiger partial charge on any atom is -0.491 e. The molecule has 1 aliphatic rings. The Bertz CT molecular complexity index is 804. The van der Waals surface area contributed by atoms with E-state index in [9.17, 15) is 0 Å². The zero-order valence-corrected chi connectivity index (χ0v) is 18.9. The zero-order valence-electron chi connectivity index (χ0n) is 18.9. The molecule has 0 saturated heterocycles. The van der Waals surface area contributed by atoms with Crippen LogP contribution in [0, 0.1) is 11.3 Å². The van der Waals surface area contributed by atoms with Crippen LogP contribution in [-0.4, -0.2) is 19.5 Å². The van der Waals surface area contributed by atoms with Gasteiger partial charge in [0.1, 0.15) is 18.1 Å². The summed E-state index contributed by atoms with van der Waals surface area (Å²) in [4.78, 5) is 0. The third kappa shape index (κ3) is 7.29. The second-order valence-electron chi connectivity index (χ2n) is 8.41. The van der Waals surface area contributed by atoms with Gasteiger partial charge >= 0.3 is 0 Å². The Hall–Kier alpha value is -2.51. The predicted octanol–water partition coefficient (Wildman–Crippen LogP) is 6.96. The molecule has 166 valence electrons. The molecule has 0 aromatic heterocycles. The normalized spacial score (nSPS) is 16.3. The fourth-order valence-electron chi connectivity index (χ4n) is 4.08. The molecule has 2 atom stereocenters. The fraction of sp³-hybridized carbons (Fsp3) is 0.519. The van der Waals surface area contributed by atoms with Gasteiger partial charge < -0.3 is 14.2 Å². The Kier molecular flexibility index (Phi) is 9.24. The molecule has 0 bridgehead atoms. The average Bonchev–Trinajstić information content (AvgIpc) is 2.83. The maximum atomic E-state index is 9.09. The molecule has 0 aliphatic heterocycles. The van der Waals surface area contributed by atoms with E-state index >= 15 is 0 Å². The Morgan fingerprint density at radius 3 is 2.26 bits per heavy atom. The van der Waals surface area contributed by atoms with Crippen LogP contribution in [0.25, 0.3) is 0 Å². The smallest absolute Gasteiger partial charge is 0.213 e. The predicted molar refractivity (Wildman–Crippen MR) is 124 cm³/mol. The van der Waals surface area contributed by atoms with Gasteiger partial charge in [0.15, 0.2) is 0 Å². The molecule has 0 spiro atoms. The van der Waals surface area contributed by atoms with Crippen molar-refractivity contribution >= 4 is 0 Å². The quantitative estimate of drug-likeness (QED) is 0.291. The summed E-state index contributed by atoms with van der Waals surface area (Å²) in [5.74, 6) is 2.79. The fourth-order valence-corrected chi connectivity index (χ4v) is 4.08. The number of nitrogens with zero attached hydrogens (tertiary/aromatic N) is 1. The van der Waals surface area contributed by atoms with Gasteiger partial charge in [-0.1, -0.05) is 57.4 Å². The molecule has 2 aromatic carbocycles. The third-order valence-corrected chi connectivity index (χ3v) is 6.20. The first-order valence-corrected chi connectivity index (χ1v) is 11.7. The highest BCUT2D eigenvalue weighted by molar-refractivity contribution is 5.30. The number of hydrogen-bond donors (Lipinski definition) is 0. The van der Waals surface area contributed by atoms with Crippen molar-refractivity contribution < 1.29 is 14.2 Å². The second-order valence-corrected chi connectivity index (χ2v) is 8.41. The van der Waals surface area contributed by atoms with Gasteiger partial charge in [0.05, 0.1) is 19.1 Å². The first-order valence-electron chi connectivity index (χ1n) is 11.7. The van der Waals surface area contributed by atoms with E-state index < -0.39 is 6.29 Å². The SMILES string of the molecule is CCC(C)c1ccc(OC(CC#N)OCCOc2ccc(C3CCCCC3)cc2)cc1. The molecule has 2 unspecified atom stereocenters. The molecule has 1 aliphatic carbocycles. The van der Waals surface area contributed by atoms with Crippen LogP contribution in [0.15, 0.2) is 48.5 Å². The summed E-state index contributed by atoms with van der Waals surface area (Å²) < 4.78 is 17.4. The van der Waals surface area contributed by atoms with Crippen molar-refractivity contribution in [2.24, 2.45) is 0 Å². The van der Waals surface area contributed by atoms with E-state index in [1.807, 2.05) is 24.3 Å². The van der Waals surface area contributed by atoms with Gasteiger partial charge in [0.2, 0.25) is 6.29 Å². The highest BCUT2D eigenvalue weighted by atomic mass is 16.7. The molecule has 0 N–H and O–H groups in total. The molecule has 0 radical (unpaired) electrons. The van der Waals surface area contributed by atoms with Gasteiger partial charge in [-0.05, 0) is 66.5 Å². The molecular weight excluding hydrogens is 386 g/mol. The molecule has 0 amide bonds. The molecule has 2 aromatic rings. The highest BCUT2D eigenvalue weighted by Crippen LogP contribution is 2.33. The highest BCUT2D eigenvalue weighted by Gasteiger charge is 2.15. The van der Waals surface area contributed by atoms with Crippen LogP contribution < -0.4 is 9.47 Å². The number of rotatable bonds is 11. The monoisotopic (exact) mass is 421 g/mol. The van der Waals surface area contributed by atoms with Crippen molar-refractivity contribution in [3.63, 3.8) is 0 Å². The van der Waals surface area contributed by atoms with Crippen LogP contribution in [0.2, 0.25) is 0 Å². The van der Waals surface area contributed by atoms with E-state index in [1.165, 1.54) is 43.2 Å². The van der Waals surface area contributed by atoms with Gasteiger partial charge in [0, 0.05) is 0 Å². The summed E-state index contributed by atoms with van der Waals surface area (Å²) in [5, 5.41) is 9.09. The number of nitriles is 1. The summed E-state index contributed by atoms with van der Waals surface area (Å²) in [5.41, 5.74) is 2.71. The lowest BCUT2D eigenvalue weighted by molar-refractivity contribution is -0.0830. The van der Waals surface area contributed by atoms with Gasteiger partial charge in [-0.3, -0.25) is 0 Å². The van der Waals surface area contributed by atoms with E-state index in [0.717, 1.165) is 12.2 Å². The van der Waals surface area contributed by atoms with Crippen molar-refractivity contribution in [3.05, 3.63) is 59.7 Å². The molecule has 1 fully saturated rings. The van der Waals surface area contributed by atoms with Crippen LogP contribution in [-0.2, 0) is 4.74 Å². The van der Waals surface area contributed by atoms with Crippen LogP contribution in [0.1, 0.15) is 81.8 Å². The van der Waals surface area contributed by atoms with Crippen molar-refractivity contribution in [2.45, 2.75) is 76.9 Å². The maximum Gasteiger partial charge on any atom is 0.213 e. The van der Waals surface area contributed by atoms with Gasteiger partial charge in [-0.25, -0.2) is 0 Å². The molecule has 3 rings (SSSR count). The van der Waals surface area contributed by atoms with E-state index in [1.54, 1.807) is 0 Å². The van der Waals surface area contributed by atoms with Crippen molar-refractivity contribution in [1.29, 1.82) is 5.26 Å². The summed E-state index contributed by atoms with van der Waals surface area (Å²) >= 11 is 0. The van der Waals surface area contributed by atoms with Crippen LogP contribution in [0.5, 0.6) is 11.5 Å². The second kappa shape index (κ2) is 12.4. The lowest BCUT2D eigenvalue weighted by atomic mass is 9.84. The average molecular weight is 422 g/mol. The first-order chi connectivity index (χ1) is 15.2. The van der Waals surface area contributed by atoms with E-state index in [0.29, 0.717) is 30.8 Å². The van der Waals surface area contributed by atoms with Gasteiger partial charge in [0.25, 0.3) is 0 Å².